The highest BCUT2D eigenvalue weighted by atomic mass is 19.4. The van der Waals surface area contributed by atoms with Crippen molar-refractivity contribution in [3.05, 3.63) is 34.4 Å². The Morgan fingerprint density at radius 2 is 1.78 bits per heavy atom. The van der Waals surface area contributed by atoms with Crippen molar-refractivity contribution in [1.29, 1.82) is 5.26 Å². The fourth-order valence-electron chi connectivity index (χ4n) is 2.32. The first-order valence-corrected chi connectivity index (χ1v) is 6.03. The second-order valence-electron chi connectivity index (χ2n) is 4.75. The van der Waals surface area contributed by atoms with E-state index in [1.54, 1.807) is 6.07 Å². The van der Waals surface area contributed by atoms with Gasteiger partial charge in [-0.05, 0) is 29.7 Å². The second-order valence-corrected chi connectivity index (χ2v) is 4.75. The molecule has 0 saturated heterocycles. The standard InChI is InChI=1S/C13H8F6N2O.CH4/c14-12(15,16)9-3-7(5-20)10-1-2-21(6-8(10)4-9)11(22)13(17,18)19;/h3-4H,1-2,6H2;1H4. The molecule has 0 aliphatic carbocycles. The highest BCUT2D eigenvalue weighted by molar-refractivity contribution is 5.82. The Bertz CT molecular complexity index is 657. The van der Waals surface area contributed by atoms with E-state index in [0.29, 0.717) is 17.0 Å². The maximum Gasteiger partial charge on any atom is 0.471 e. The van der Waals surface area contributed by atoms with Crippen molar-refractivity contribution in [2.24, 2.45) is 0 Å². The van der Waals surface area contributed by atoms with Gasteiger partial charge in [-0.3, -0.25) is 4.79 Å². The van der Waals surface area contributed by atoms with E-state index in [1.165, 1.54) is 0 Å². The summed E-state index contributed by atoms with van der Waals surface area (Å²) in [5.74, 6) is -2.10. The van der Waals surface area contributed by atoms with Crippen LogP contribution in [0.5, 0.6) is 0 Å². The molecule has 0 bridgehead atoms. The topological polar surface area (TPSA) is 44.1 Å². The van der Waals surface area contributed by atoms with Crippen LogP contribution in [0.15, 0.2) is 12.1 Å². The number of hydrogen-bond acceptors (Lipinski definition) is 2. The van der Waals surface area contributed by atoms with Gasteiger partial charge in [0.05, 0.1) is 17.2 Å². The molecule has 3 nitrogen and oxygen atoms in total. The van der Waals surface area contributed by atoms with Crippen LogP contribution in [0, 0.1) is 11.3 Å². The molecule has 1 aliphatic rings. The van der Waals surface area contributed by atoms with Crippen molar-refractivity contribution < 1.29 is 31.1 Å². The van der Waals surface area contributed by atoms with Crippen molar-refractivity contribution in [3.8, 4) is 6.07 Å². The maximum absolute atomic E-state index is 12.7. The largest absolute Gasteiger partial charge is 0.471 e. The average molecular weight is 338 g/mol. The molecular formula is C14H12F6N2O. The van der Waals surface area contributed by atoms with E-state index in [-0.39, 0.29) is 37.1 Å². The fourth-order valence-corrected chi connectivity index (χ4v) is 2.32. The van der Waals surface area contributed by atoms with Gasteiger partial charge < -0.3 is 4.90 Å². The summed E-state index contributed by atoms with van der Waals surface area (Å²) in [6, 6.07) is 2.97. The van der Waals surface area contributed by atoms with E-state index in [0.717, 1.165) is 0 Å². The molecule has 0 unspecified atom stereocenters. The molecule has 2 rings (SSSR count). The third-order valence-electron chi connectivity index (χ3n) is 3.31. The van der Waals surface area contributed by atoms with Gasteiger partial charge in [-0.1, -0.05) is 7.43 Å². The highest BCUT2D eigenvalue weighted by Crippen LogP contribution is 2.34. The molecule has 0 spiro atoms. The van der Waals surface area contributed by atoms with Gasteiger partial charge in [0.1, 0.15) is 0 Å². The van der Waals surface area contributed by atoms with Gasteiger partial charge in [0.15, 0.2) is 0 Å². The molecule has 1 aromatic carbocycles. The lowest BCUT2D eigenvalue weighted by Gasteiger charge is -2.30. The lowest BCUT2D eigenvalue weighted by Crippen LogP contribution is -2.43. The minimum atomic E-state index is -5.09. The predicted molar refractivity (Wildman–Crippen MR) is 68.1 cm³/mol. The van der Waals surface area contributed by atoms with E-state index in [2.05, 4.69) is 0 Å². The number of nitrogens with zero attached hydrogens (tertiary/aromatic N) is 2. The number of carbonyl (C=O) groups excluding carboxylic acids is 1. The second kappa shape index (κ2) is 6.10. The summed E-state index contributed by atoms with van der Waals surface area (Å²) in [4.78, 5) is 11.6. The van der Waals surface area contributed by atoms with Crippen molar-refractivity contribution in [3.63, 3.8) is 0 Å². The third kappa shape index (κ3) is 3.75. The van der Waals surface area contributed by atoms with Crippen LogP contribution in [0.2, 0.25) is 0 Å². The molecule has 126 valence electrons. The molecule has 1 amide bonds. The van der Waals surface area contributed by atoms with E-state index < -0.39 is 30.4 Å². The zero-order valence-corrected chi connectivity index (χ0v) is 10.8. The fraction of sp³-hybridized carbons (Fsp3) is 0.429. The Labute approximate surface area is 128 Å². The van der Waals surface area contributed by atoms with Crippen LogP contribution in [-0.2, 0) is 23.9 Å². The zero-order valence-electron chi connectivity index (χ0n) is 10.8. The minimum Gasteiger partial charge on any atom is -0.330 e. The van der Waals surface area contributed by atoms with Gasteiger partial charge in [0.25, 0.3) is 0 Å². The van der Waals surface area contributed by atoms with Crippen molar-refractivity contribution >= 4 is 5.91 Å². The Morgan fingerprint density at radius 1 is 1.17 bits per heavy atom. The summed E-state index contributed by atoms with van der Waals surface area (Å²) in [6.07, 6.45) is -9.91. The first-order valence-electron chi connectivity index (χ1n) is 6.03. The number of benzene rings is 1. The molecule has 1 aliphatic heterocycles. The van der Waals surface area contributed by atoms with Gasteiger partial charge in [0, 0.05) is 13.1 Å². The van der Waals surface area contributed by atoms with Gasteiger partial charge in [0.2, 0.25) is 0 Å². The summed E-state index contributed by atoms with van der Waals surface area (Å²) < 4.78 is 75.4. The van der Waals surface area contributed by atoms with Crippen LogP contribution in [0.4, 0.5) is 26.3 Å². The van der Waals surface area contributed by atoms with E-state index in [1.807, 2.05) is 0 Å². The number of alkyl halides is 6. The molecule has 0 saturated carbocycles. The predicted octanol–water partition coefficient (Wildman–Crippen LogP) is 3.66. The van der Waals surface area contributed by atoms with Crippen LogP contribution in [0.3, 0.4) is 0 Å². The normalized spacial score (nSPS) is 14.6. The van der Waals surface area contributed by atoms with Crippen molar-refractivity contribution in [2.75, 3.05) is 6.54 Å². The minimum absolute atomic E-state index is 0. The van der Waals surface area contributed by atoms with Crippen molar-refractivity contribution in [1.82, 2.24) is 4.90 Å². The zero-order chi connectivity index (χ0) is 16.7. The Hall–Kier alpha value is -2.24. The average Bonchev–Trinajstić information content (AvgIpc) is 2.42. The first kappa shape index (κ1) is 18.8. The summed E-state index contributed by atoms with van der Waals surface area (Å²) in [5, 5.41) is 8.91. The Balaban J connectivity index is 0.00000264. The number of nitriles is 1. The van der Waals surface area contributed by atoms with Crippen LogP contribution in [0.25, 0.3) is 0 Å². The van der Waals surface area contributed by atoms with Gasteiger partial charge in [-0.2, -0.15) is 31.6 Å². The molecule has 0 fully saturated rings. The molecule has 0 radical (unpaired) electrons. The van der Waals surface area contributed by atoms with Gasteiger partial charge in [-0.15, -0.1) is 0 Å². The van der Waals surface area contributed by atoms with E-state index in [4.69, 9.17) is 5.26 Å². The van der Waals surface area contributed by atoms with Crippen LogP contribution < -0.4 is 0 Å². The van der Waals surface area contributed by atoms with Crippen LogP contribution >= 0.6 is 0 Å². The molecule has 0 N–H and O–H groups in total. The highest BCUT2D eigenvalue weighted by Gasteiger charge is 2.43. The van der Waals surface area contributed by atoms with Gasteiger partial charge in [-0.25, -0.2) is 0 Å². The molecule has 1 aromatic rings. The number of hydrogen-bond donors (Lipinski definition) is 0. The molecule has 9 heteroatoms. The number of fused-ring (bicyclic) bond motifs is 1. The summed E-state index contributed by atoms with van der Waals surface area (Å²) >= 11 is 0. The lowest BCUT2D eigenvalue weighted by molar-refractivity contribution is -0.186. The SMILES string of the molecule is C.N#Cc1cc(C(F)(F)F)cc2c1CCN(C(=O)C(F)(F)F)C2. The monoisotopic (exact) mass is 338 g/mol. The van der Waals surface area contributed by atoms with Gasteiger partial charge >= 0.3 is 18.3 Å². The Kier molecular flexibility index (Phi) is 4.99. The molecular weight excluding hydrogens is 326 g/mol. The smallest absolute Gasteiger partial charge is 0.330 e. The molecule has 23 heavy (non-hydrogen) atoms. The number of rotatable bonds is 0. The van der Waals surface area contributed by atoms with Crippen LogP contribution in [-0.4, -0.2) is 23.5 Å². The van der Waals surface area contributed by atoms with E-state index >= 15 is 0 Å². The molecule has 0 atom stereocenters. The van der Waals surface area contributed by atoms with Crippen molar-refractivity contribution in [2.45, 2.75) is 32.7 Å². The summed E-state index contributed by atoms with van der Waals surface area (Å²) in [6.45, 7) is -0.905. The maximum atomic E-state index is 12.7. The number of carbonyl (C=O) groups is 1. The van der Waals surface area contributed by atoms with Crippen LogP contribution in [0.1, 0.15) is 29.7 Å². The summed E-state index contributed by atoms with van der Waals surface area (Å²) in [5.41, 5.74) is -1.19. The quantitative estimate of drug-likeness (QED) is 0.678. The first-order chi connectivity index (χ1) is 10.0. The number of halogens is 6. The lowest BCUT2D eigenvalue weighted by atomic mass is 9.92. The molecule has 0 aromatic heterocycles. The number of amides is 1. The summed E-state index contributed by atoms with van der Waals surface area (Å²) in [7, 11) is 0. The molecule has 1 heterocycles. The third-order valence-corrected chi connectivity index (χ3v) is 3.31. The van der Waals surface area contributed by atoms with E-state index in [9.17, 15) is 31.1 Å². The Morgan fingerprint density at radius 3 is 2.26 bits per heavy atom.